The molecule has 2 rings (SSSR count). The van der Waals surface area contributed by atoms with E-state index in [-0.39, 0.29) is 31.5 Å². The van der Waals surface area contributed by atoms with E-state index < -0.39 is 8.32 Å². The van der Waals surface area contributed by atoms with E-state index in [1.54, 1.807) is 4.90 Å². The zero-order valence-electron chi connectivity index (χ0n) is 18.2. The highest BCUT2D eigenvalue weighted by Gasteiger charge is 2.50. The Balaban J connectivity index is 2.08. The van der Waals surface area contributed by atoms with Crippen LogP contribution < -0.4 is 0 Å². The third kappa shape index (κ3) is 4.78. The monoisotopic (exact) mass is 407 g/mol. The average Bonchev–Trinajstić information content (AvgIpc) is 3.06. The van der Waals surface area contributed by atoms with Gasteiger partial charge < -0.3 is 19.2 Å². The minimum atomic E-state index is -2.08. The van der Waals surface area contributed by atoms with Crippen LogP contribution in [0.15, 0.2) is 30.3 Å². The van der Waals surface area contributed by atoms with Gasteiger partial charge in [-0.05, 0) is 28.6 Å². The fraction of sp³-hybridized carbons (Fsp3) is 0.682. The lowest BCUT2D eigenvalue weighted by molar-refractivity contribution is 0.0511. The van der Waals surface area contributed by atoms with Gasteiger partial charge in [-0.25, -0.2) is 4.79 Å². The number of hydrogen-bond acceptors (Lipinski definition) is 4. The fourth-order valence-corrected chi connectivity index (χ4v) is 10.5. The molecule has 2 atom stereocenters. The van der Waals surface area contributed by atoms with Crippen LogP contribution in [0.25, 0.3) is 0 Å². The molecule has 28 heavy (non-hydrogen) atoms. The predicted molar refractivity (Wildman–Crippen MR) is 115 cm³/mol. The molecular weight excluding hydrogens is 370 g/mol. The van der Waals surface area contributed by atoms with E-state index in [4.69, 9.17) is 9.16 Å². The number of carbonyl (C=O) groups excluding carboxylic acids is 1. The maximum Gasteiger partial charge on any atom is 0.410 e. The summed E-state index contributed by atoms with van der Waals surface area (Å²) < 4.78 is 12.4. The van der Waals surface area contributed by atoms with Gasteiger partial charge in [-0.15, -0.1) is 0 Å². The second-order valence-corrected chi connectivity index (χ2v) is 14.2. The predicted octanol–water partition coefficient (Wildman–Crippen LogP) is 4.95. The molecule has 1 heterocycles. The molecule has 6 heteroatoms. The Bertz CT molecular complexity index is 598. The van der Waals surface area contributed by atoms with Gasteiger partial charge in [-0.3, -0.25) is 0 Å². The van der Waals surface area contributed by atoms with E-state index in [1.807, 2.05) is 30.3 Å². The molecule has 0 aliphatic carbocycles. The second kappa shape index (κ2) is 9.90. The first-order valence-electron chi connectivity index (χ1n) is 10.5. The van der Waals surface area contributed by atoms with Crippen LogP contribution in [0, 0.1) is 0 Å². The Morgan fingerprint density at radius 1 is 1.11 bits per heavy atom. The van der Waals surface area contributed by atoms with Gasteiger partial charge in [0.05, 0.1) is 18.8 Å². The summed E-state index contributed by atoms with van der Waals surface area (Å²) in [5.74, 6) is 0. The first kappa shape index (κ1) is 22.9. The van der Waals surface area contributed by atoms with Crippen molar-refractivity contribution < 1.29 is 19.1 Å². The molecule has 1 amide bonds. The number of benzene rings is 1. The van der Waals surface area contributed by atoms with Crippen LogP contribution in [-0.4, -0.2) is 49.7 Å². The summed E-state index contributed by atoms with van der Waals surface area (Å²) in [4.78, 5) is 14.3. The van der Waals surface area contributed by atoms with Crippen molar-refractivity contribution in [2.75, 3.05) is 13.2 Å². The Labute approximate surface area is 171 Å². The third-order valence-corrected chi connectivity index (χ3v) is 12.3. The van der Waals surface area contributed by atoms with Crippen LogP contribution >= 0.6 is 0 Å². The molecule has 1 aromatic rings. The summed E-state index contributed by atoms with van der Waals surface area (Å²) in [5, 5.41) is 10.0. The molecule has 0 spiro atoms. The minimum Gasteiger partial charge on any atom is -0.445 e. The van der Waals surface area contributed by atoms with Gasteiger partial charge in [0.2, 0.25) is 8.32 Å². The highest BCUT2D eigenvalue weighted by atomic mass is 28.4. The minimum absolute atomic E-state index is 0.107. The summed E-state index contributed by atoms with van der Waals surface area (Å²) in [6.07, 6.45) is 0.236. The van der Waals surface area contributed by atoms with E-state index in [0.717, 1.165) is 12.0 Å². The molecule has 0 saturated carbocycles. The molecule has 158 valence electrons. The van der Waals surface area contributed by atoms with Gasteiger partial charge in [0, 0.05) is 6.54 Å². The molecule has 5 nitrogen and oxygen atoms in total. The van der Waals surface area contributed by atoms with Crippen LogP contribution in [0.1, 0.15) is 53.5 Å². The van der Waals surface area contributed by atoms with Crippen molar-refractivity contribution in [1.82, 2.24) is 4.90 Å². The SMILES string of the molecule is CC(C)[Si](O[C@H]1CCN(C(=O)OCc2ccccc2)[C@H]1CO)(C(C)C)C(C)C. The zero-order valence-corrected chi connectivity index (χ0v) is 19.2. The van der Waals surface area contributed by atoms with E-state index in [2.05, 4.69) is 41.5 Å². The lowest BCUT2D eigenvalue weighted by Crippen LogP contribution is -2.53. The topological polar surface area (TPSA) is 59.0 Å². The molecular formula is C22H37NO4Si. The van der Waals surface area contributed by atoms with Crippen molar-refractivity contribution in [1.29, 1.82) is 0 Å². The maximum absolute atomic E-state index is 12.6. The van der Waals surface area contributed by atoms with Gasteiger partial charge in [-0.2, -0.15) is 0 Å². The summed E-state index contributed by atoms with van der Waals surface area (Å²) >= 11 is 0. The van der Waals surface area contributed by atoms with Crippen molar-refractivity contribution in [3.63, 3.8) is 0 Å². The lowest BCUT2D eigenvalue weighted by Gasteiger charge is -2.45. The van der Waals surface area contributed by atoms with Crippen LogP contribution in [0.4, 0.5) is 4.79 Å². The number of amides is 1. The highest BCUT2D eigenvalue weighted by molar-refractivity contribution is 6.77. The quantitative estimate of drug-likeness (QED) is 0.619. The first-order chi connectivity index (χ1) is 13.2. The van der Waals surface area contributed by atoms with Gasteiger partial charge in [0.15, 0.2) is 0 Å². The third-order valence-electron chi connectivity index (χ3n) is 6.17. The Morgan fingerprint density at radius 2 is 1.68 bits per heavy atom. The smallest absolute Gasteiger partial charge is 0.410 e. The molecule has 1 aromatic carbocycles. The molecule has 0 aromatic heterocycles. The molecule has 1 aliphatic heterocycles. The van der Waals surface area contributed by atoms with Crippen LogP contribution in [0.5, 0.6) is 0 Å². The molecule has 1 fully saturated rings. The number of carbonyl (C=O) groups is 1. The average molecular weight is 408 g/mol. The summed E-state index contributed by atoms with van der Waals surface area (Å²) in [6, 6.07) is 9.30. The molecule has 0 bridgehead atoms. The van der Waals surface area contributed by atoms with Crippen molar-refractivity contribution >= 4 is 14.4 Å². The number of ether oxygens (including phenoxy) is 1. The standard InChI is InChI=1S/C22H37NO4Si/c1-16(2)28(17(3)4,18(5)6)27-21-12-13-23(20(21)14-24)22(25)26-15-19-10-8-7-9-11-19/h7-11,16-18,20-21,24H,12-15H2,1-6H3/t20-,21-/m0/s1. The van der Waals surface area contributed by atoms with Gasteiger partial charge in [0.25, 0.3) is 0 Å². The number of rotatable bonds is 8. The van der Waals surface area contributed by atoms with Gasteiger partial charge in [0.1, 0.15) is 6.61 Å². The zero-order chi connectivity index (χ0) is 20.9. The maximum atomic E-state index is 12.6. The van der Waals surface area contributed by atoms with E-state index in [9.17, 15) is 9.90 Å². The molecule has 0 unspecified atom stereocenters. The van der Waals surface area contributed by atoms with Crippen molar-refractivity contribution in [3.8, 4) is 0 Å². The van der Waals surface area contributed by atoms with E-state index in [1.165, 1.54) is 0 Å². The van der Waals surface area contributed by atoms with Gasteiger partial charge in [-0.1, -0.05) is 71.9 Å². The normalized spacial score (nSPS) is 20.4. The molecule has 1 N–H and O–H groups in total. The summed E-state index contributed by atoms with van der Waals surface area (Å²) in [5.41, 5.74) is 2.34. The first-order valence-corrected chi connectivity index (χ1v) is 12.6. The Kier molecular flexibility index (Phi) is 8.10. The number of hydrogen-bond donors (Lipinski definition) is 1. The molecule has 1 aliphatic rings. The number of aliphatic hydroxyl groups is 1. The van der Waals surface area contributed by atoms with Gasteiger partial charge >= 0.3 is 6.09 Å². The van der Waals surface area contributed by atoms with Crippen LogP contribution in [0.3, 0.4) is 0 Å². The summed E-state index contributed by atoms with van der Waals surface area (Å²) in [7, 11) is -2.08. The van der Waals surface area contributed by atoms with E-state index >= 15 is 0 Å². The van der Waals surface area contributed by atoms with Crippen LogP contribution in [0.2, 0.25) is 16.6 Å². The fourth-order valence-electron chi connectivity index (χ4n) is 4.88. The van der Waals surface area contributed by atoms with Crippen LogP contribution in [-0.2, 0) is 15.8 Å². The lowest BCUT2D eigenvalue weighted by atomic mass is 10.2. The number of likely N-dealkylation sites (tertiary alicyclic amines) is 1. The van der Waals surface area contributed by atoms with Crippen molar-refractivity contribution in [2.45, 2.75) is 83.3 Å². The Hall–Kier alpha value is -1.37. The Morgan fingerprint density at radius 3 is 2.18 bits per heavy atom. The largest absolute Gasteiger partial charge is 0.445 e. The van der Waals surface area contributed by atoms with Crippen molar-refractivity contribution in [3.05, 3.63) is 35.9 Å². The molecule has 1 saturated heterocycles. The summed E-state index contributed by atoms with van der Waals surface area (Å²) in [6.45, 7) is 14.2. The highest BCUT2D eigenvalue weighted by Crippen LogP contribution is 2.44. The molecule has 0 radical (unpaired) electrons. The second-order valence-electron chi connectivity index (χ2n) is 8.75. The van der Waals surface area contributed by atoms with E-state index in [0.29, 0.717) is 23.2 Å². The van der Waals surface area contributed by atoms with Crippen molar-refractivity contribution in [2.24, 2.45) is 0 Å². The number of nitrogens with zero attached hydrogens (tertiary/aromatic N) is 1. The number of aliphatic hydroxyl groups excluding tert-OH is 1.